The molecular formula is C4H10NNaO4S2. The van der Waals surface area contributed by atoms with Gasteiger partial charge in [-0.05, 0) is 6.92 Å². The average molecular weight is 223 g/mol. The predicted molar refractivity (Wildman–Crippen MR) is 41.3 cm³/mol. The third kappa shape index (κ3) is 9.11. The number of hydrogen-bond donors (Lipinski definition) is 1. The maximum atomic E-state index is 10.7. The Morgan fingerprint density at radius 2 is 2.00 bits per heavy atom. The molecule has 0 amide bonds. The predicted octanol–water partition coefficient (Wildman–Crippen LogP) is -4.19. The molecule has 12 heavy (non-hydrogen) atoms. The Bertz CT molecular complexity index is 227. The molecule has 1 N–H and O–H groups in total. The number of hydrogen-bond acceptors (Lipinski definition) is 4. The molecule has 0 aromatic rings. The third-order valence-electron chi connectivity index (χ3n) is 0.971. The molecule has 68 valence electrons. The first-order chi connectivity index (χ1) is 4.98. The van der Waals surface area contributed by atoms with Gasteiger partial charge in [0.25, 0.3) is 0 Å². The molecule has 0 saturated carbocycles. The first kappa shape index (κ1) is 15.5. The van der Waals surface area contributed by atoms with Crippen molar-refractivity contribution in [2.75, 3.05) is 18.1 Å². The van der Waals surface area contributed by atoms with E-state index in [1.54, 1.807) is 0 Å². The fourth-order valence-corrected chi connectivity index (χ4v) is 1.40. The molecule has 0 saturated heterocycles. The van der Waals surface area contributed by atoms with E-state index in [0.717, 1.165) is 0 Å². The molecule has 0 aliphatic heterocycles. The molecule has 0 heterocycles. The zero-order valence-electron chi connectivity index (χ0n) is 7.07. The van der Waals surface area contributed by atoms with Crippen LogP contribution in [0.5, 0.6) is 0 Å². The van der Waals surface area contributed by atoms with Gasteiger partial charge in [-0.1, -0.05) is 11.1 Å². The van der Waals surface area contributed by atoms with Gasteiger partial charge in [0.15, 0.2) is 0 Å². The summed E-state index contributed by atoms with van der Waals surface area (Å²) in [5, 5.41) is 0. The molecule has 0 spiro atoms. The molecule has 8 heteroatoms. The summed E-state index contributed by atoms with van der Waals surface area (Å²) in [4.78, 5) is 0. The zero-order valence-corrected chi connectivity index (χ0v) is 10.7. The monoisotopic (exact) mass is 223 g/mol. The van der Waals surface area contributed by atoms with Crippen molar-refractivity contribution >= 4 is 21.1 Å². The maximum absolute atomic E-state index is 10.7. The Morgan fingerprint density at radius 3 is 2.33 bits per heavy atom. The molecule has 1 atom stereocenters. The van der Waals surface area contributed by atoms with E-state index < -0.39 is 21.1 Å². The Kier molecular flexibility index (Phi) is 9.59. The topological polar surface area (TPSA) is 86.3 Å². The molecule has 0 aromatic heterocycles. The Labute approximate surface area is 96.9 Å². The van der Waals surface area contributed by atoms with Crippen LogP contribution in [0, 0.1) is 0 Å². The van der Waals surface area contributed by atoms with Gasteiger partial charge in [0.1, 0.15) is 0 Å². The minimum Gasteiger partial charge on any atom is -0.772 e. The largest absolute Gasteiger partial charge is 1.00 e. The van der Waals surface area contributed by atoms with Crippen LogP contribution in [0.15, 0.2) is 0 Å². The molecule has 0 radical (unpaired) electrons. The second-order valence-electron chi connectivity index (χ2n) is 1.81. The van der Waals surface area contributed by atoms with Gasteiger partial charge in [-0.25, -0.2) is 13.1 Å². The van der Waals surface area contributed by atoms with Crippen molar-refractivity contribution in [3.8, 4) is 0 Å². The second-order valence-corrected chi connectivity index (χ2v) is 4.92. The molecule has 0 aromatic carbocycles. The Morgan fingerprint density at radius 1 is 1.50 bits per heavy atom. The van der Waals surface area contributed by atoms with Gasteiger partial charge in [0, 0.05) is 12.3 Å². The summed E-state index contributed by atoms with van der Waals surface area (Å²) in [6, 6.07) is 0. The quantitative estimate of drug-likeness (QED) is 0.378. The van der Waals surface area contributed by atoms with Gasteiger partial charge in [0.05, 0.1) is 5.75 Å². The fraction of sp³-hybridized carbons (Fsp3) is 1.00. The minimum atomic E-state index is -3.24. The van der Waals surface area contributed by atoms with Gasteiger partial charge in [0.2, 0.25) is 10.0 Å². The van der Waals surface area contributed by atoms with E-state index in [2.05, 4.69) is 4.72 Å². The van der Waals surface area contributed by atoms with E-state index in [4.69, 9.17) is 0 Å². The van der Waals surface area contributed by atoms with Crippen molar-refractivity contribution in [3.63, 3.8) is 0 Å². The van der Waals surface area contributed by atoms with Crippen molar-refractivity contribution in [1.29, 1.82) is 0 Å². The Hall–Kier alpha value is 1.02. The molecule has 0 aliphatic carbocycles. The summed E-state index contributed by atoms with van der Waals surface area (Å²) in [6.45, 7) is 1.43. The average Bonchev–Trinajstić information content (AvgIpc) is 1.87. The van der Waals surface area contributed by atoms with Crippen LogP contribution in [0.3, 0.4) is 0 Å². The van der Waals surface area contributed by atoms with E-state index in [9.17, 15) is 17.2 Å². The summed E-state index contributed by atoms with van der Waals surface area (Å²) < 4.78 is 43.3. The summed E-state index contributed by atoms with van der Waals surface area (Å²) >= 11 is -2.18. The van der Waals surface area contributed by atoms with Crippen molar-refractivity contribution < 1.29 is 46.7 Å². The maximum Gasteiger partial charge on any atom is 1.00 e. The van der Waals surface area contributed by atoms with Gasteiger partial charge >= 0.3 is 29.6 Å². The van der Waals surface area contributed by atoms with Gasteiger partial charge in [-0.3, -0.25) is 4.21 Å². The van der Waals surface area contributed by atoms with Crippen LogP contribution in [0.1, 0.15) is 6.92 Å². The second kappa shape index (κ2) is 7.43. The van der Waals surface area contributed by atoms with Crippen molar-refractivity contribution in [2.45, 2.75) is 6.92 Å². The van der Waals surface area contributed by atoms with Gasteiger partial charge < -0.3 is 4.55 Å². The molecule has 0 rings (SSSR count). The van der Waals surface area contributed by atoms with Crippen LogP contribution in [-0.4, -0.2) is 35.2 Å². The van der Waals surface area contributed by atoms with Crippen LogP contribution < -0.4 is 34.3 Å². The van der Waals surface area contributed by atoms with Crippen LogP contribution in [-0.2, 0) is 21.1 Å². The fourth-order valence-electron chi connectivity index (χ4n) is 0.383. The number of sulfonamides is 1. The Balaban J connectivity index is 0. The van der Waals surface area contributed by atoms with E-state index >= 15 is 0 Å². The summed E-state index contributed by atoms with van der Waals surface area (Å²) in [5.41, 5.74) is 0. The van der Waals surface area contributed by atoms with Crippen LogP contribution in [0.4, 0.5) is 0 Å². The molecule has 0 bridgehead atoms. The minimum absolute atomic E-state index is 0. The van der Waals surface area contributed by atoms with E-state index in [-0.39, 0.29) is 47.6 Å². The van der Waals surface area contributed by atoms with E-state index in [1.807, 2.05) is 0 Å². The van der Waals surface area contributed by atoms with E-state index in [0.29, 0.717) is 0 Å². The first-order valence-electron chi connectivity index (χ1n) is 3.01. The van der Waals surface area contributed by atoms with Crippen molar-refractivity contribution in [3.05, 3.63) is 0 Å². The smallest absolute Gasteiger partial charge is 0.772 e. The van der Waals surface area contributed by atoms with Gasteiger partial charge in [-0.15, -0.1) is 0 Å². The summed E-state index contributed by atoms with van der Waals surface area (Å²) in [5.74, 6) is -0.211. The molecule has 0 aliphatic rings. The van der Waals surface area contributed by atoms with Crippen molar-refractivity contribution in [1.82, 2.24) is 4.72 Å². The molecule has 0 fully saturated rings. The van der Waals surface area contributed by atoms with E-state index in [1.165, 1.54) is 6.92 Å². The summed E-state index contributed by atoms with van der Waals surface area (Å²) in [7, 11) is -3.24. The van der Waals surface area contributed by atoms with Gasteiger partial charge in [-0.2, -0.15) is 0 Å². The molecule has 1 unspecified atom stereocenters. The standard InChI is InChI=1S/C4H11NO4S2.Na/c1-2-11(8,9)5-3-4-10(6)7;/h5H,2-4H2,1H3,(H,6,7);/q;+1/p-1. The SMILES string of the molecule is CCS(=O)(=O)NCCS(=O)[O-].[Na+]. The zero-order chi connectivity index (χ0) is 8.91. The molecular weight excluding hydrogens is 213 g/mol. The van der Waals surface area contributed by atoms with Crippen LogP contribution in [0.25, 0.3) is 0 Å². The first-order valence-corrected chi connectivity index (χ1v) is 5.91. The number of rotatable bonds is 5. The van der Waals surface area contributed by atoms with Crippen LogP contribution >= 0.6 is 0 Å². The normalized spacial score (nSPS) is 13.5. The molecule has 5 nitrogen and oxygen atoms in total. The third-order valence-corrected chi connectivity index (χ3v) is 2.91. The summed E-state index contributed by atoms with van der Waals surface area (Å²) in [6.07, 6.45) is 0. The van der Waals surface area contributed by atoms with Crippen LogP contribution in [0.2, 0.25) is 0 Å². The number of nitrogens with one attached hydrogen (secondary N) is 1. The van der Waals surface area contributed by atoms with Crippen molar-refractivity contribution in [2.24, 2.45) is 0 Å².